The van der Waals surface area contributed by atoms with Crippen molar-refractivity contribution in [1.82, 2.24) is 0 Å². The Labute approximate surface area is 111 Å². The van der Waals surface area contributed by atoms with Gasteiger partial charge in [0.2, 0.25) is 10.0 Å². The third-order valence-corrected chi connectivity index (χ3v) is 3.32. The summed E-state index contributed by atoms with van der Waals surface area (Å²) in [6.45, 7) is 1.92. The number of para-hydroxylation sites is 1. The molecule has 0 fully saturated rings. The van der Waals surface area contributed by atoms with Crippen LogP contribution >= 0.6 is 0 Å². The Kier molecular flexibility index (Phi) is 5.25. The molecule has 0 radical (unpaired) electrons. The zero-order valence-corrected chi connectivity index (χ0v) is 11.4. The number of hydrogen-bond acceptors (Lipinski definition) is 5. The molecule has 0 spiro atoms. The first-order chi connectivity index (χ1) is 8.81. The molecule has 0 aliphatic heterocycles. The van der Waals surface area contributed by atoms with Gasteiger partial charge in [-0.2, -0.15) is 0 Å². The van der Waals surface area contributed by atoms with Crippen LogP contribution in [0.4, 0.5) is 5.69 Å². The average Bonchev–Trinajstić information content (AvgIpc) is 2.28. The number of nitrogens with zero attached hydrogens (tertiary/aromatic N) is 1. The van der Waals surface area contributed by atoms with E-state index in [1.807, 2.05) is 0 Å². The van der Waals surface area contributed by atoms with E-state index < -0.39 is 14.9 Å². The molecule has 0 heterocycles. The van der Waals surface area contributed by atoms with Crippen LogP contribution in [-0.4, -0.2) is 25.7 Å². The van der Waals surface area contributed by atoms with Gasteiger partial charge in [0, 0.05) is 6.07 Å². The minimum Gasteiger partial charge on any atom is -0.487 e. The van der Waals surface area contributed by atoms with Crippen molar-refractivity contribution in [3.8, 4) is 5.75 Å². The summed E-state index contributed by atoms with van der Waals surface area (Å²) in [6.07, 6.45) is 0.820. The first-order valence-corrected chi connectivity index (χ1v) is 7.40. The molecule has 1 aromatic carbocycles. The molecule has 8 heteroatoms. The molecule has 0 saturated heterocycles. The van der Waals surface area contributed by atoms with Crippen molar-refractivity contribution >= 4 is 15.7 Å². The van der Waals surface area contributed by atoms with Crippen molar-refractivity contribution in [1.29, 1.82) is 0 Å². The van der Waals surface area contributed by atoms with Crippen LogP contribution in [0.5, 0.6) is 5.75 Å². The Morgan fingerprint density at radius 1 is 1.37 bits per heavy atom. The highest BCUT2D eigenvalue weighted by molar-refractivity contribution is 7.89. The van der Waals surface area contributed by atoms with Gasteiger partial charge < -0.3 is 4.74 Å². The predicted molar refractivity (Wildman–Crippen MR) is 70.5 cm³/mol. The van der Waals surface area contributed by atoms with Crippen molar-refractivity contribution < 1.29 is 18.1 Å². The average molecular weight is 288 g/mol. The monoisotopic (exact) mass is 288 g/mol. The molecule has 0 aliphatic rings. The molecular formula is C11H16N2O5S. The fourth-order valence-corrected chi connectivity index (χ4v) is 2.15. The largest absolute Gasteiger partial charge is 0.487 e. The van der Waals surface area contributed by atoms with Gasteiger partial charge in [0.15, 0.2) is 5.75 Å². The second-order valence-electron chi connectivity index (χ2n) is 4.10. The van der Waals surface area contributed by atoms with Gasteiger partial charge in [-0.3, -0.25) is 10.1 Å². The van der Waals surface area contributed by atoms with E-state index in [9.17, 15) is 18.5 Å². The van der Waals surface area contributed by atoms with E-state index in [0.717, 1.165) is 0 Å². The van der Waals surface area contributed by atoms with Crippen molar-refractivity contribution in [2.75, 3.05) is 12.4 Å². The Morgan fingerprint density at radius 2 is 2.05 bits per heavy atom. The molecule has 0 unspecified atom stereocenters. The minimum absolute atomic E-state index is 0.0913. The number of hydrogen-bond donors (Lipinski definition) is 1. The van der Waals surface area contributed by atoms with Crippen molar-refractivity contribution in [3.05, 3.63) is 33.9 Å². The number of nitro benzene ring substituents is 1. The highest BCUT2D eigenvalue weighted by Crippen LogP contribution is 2.30. The van der Waals surface area contributed by atoms with Gasteiger partial charge in [-0.1, -0.05) is 12.1 Å². The van der Waals surface area contributed by atoms with Gasteiger partial charge in [-0.25, -0.2) is 13.6 Å². The summed E-state index contributed by atoms with van der Waals surface area (Å²) < 4.78 is 26.8. The lowest BCUT2D eigenvalue weighted by molar-refractivity contribution is -0.385. The summed E-state index contributed by atoms with van der Waals surface area (Å²) in [5.41, 5.74) is 0.576. The smallest absolute Gasteiger partial charge is 0.311 e. The third-order valence-electron chi connectivity index (χ3n) is 2.46. The van der Waals surface area contributed by atoms with Gasteiger partial charge in [0.25, 0.3) is 0 Å². The summed E-state index contributed by atoms with van der Waals surface area (Å²) in [4.78, 5) is 10.3. The molecule has 0 bridgehead atoms. The summed E-state index contributed by atoms with van der Waals surface area (Å²) in [6, 6.07) is 4.67. The number of benzene rings is 1. The van der Waals surface area contributed by atoms with E-state index in [4.69, 9.17) is 9.88 Å². The number of unbranched alkanes of at least 4 members (excludes halogenated alkanes) is 1. The van der Waals surface area contributed by atoms with Crippen LogP contribution in [-0.2, 0) is 10.0 Å². The van der Waals surface area contributed by atoms with Gasteiger partial charge >= 0.3 is 5.69 Å². The maximum atomic E-state index is 10.8. The lowest BCUT2D eigenvalue weighted by atomic mass is 10.2. The molecule has 2 N–H and O–H groups in total. The van der Waals surface area contributed by atoms with Gasteiger partial charge in [-0.15, -0.1) is 0 Å². The van der Waals surface area contributed by atoms with Crippen LogP contribution in [0.3, 0.4) is 0 Å². The maximum Gasteiger partial charge on any atom is 0.311 e. The number of nitro groups is 1. The van der Waals surface area contributed by atoms with Gasteiger partial charge in [0.1, 0.15) is 0 Å². The minimum atomic E-state index is -3.46. The van der Waals surface area contributed by atoms with E-state index in [1.54, 1.807) is 19.1 Å². The molecule has 0 atom stereocenters. The van der Waals surface area contributed by atoms with Gasteiger partial charge in [0.05, 0.1) is 17.3 Å². The van der Waals surface area contributed by atoms with Gasteiger partial charge in [-0.05, 0) is 25.3 Å². The Balaban J connectivity index is 2.56. The molecular weight excluding hydrogens is 272 g/mol. The number of aryl methyl sites for hydroxylation is 1. The molecule has 0 amide bonds. The number of ether oxygens (including phenoxy) is 1. The number of primary sulfonamides is 1. The molecule has 19 heavy (non-hydrogen) atoms. The highest BCUT2D eigenvalue weighted by atomic mass is 32.2. The van der Waals surface area contributed by atoms with Crippen LogP contribution in [0, 0.1) is 17.0 Å². The summed E-state index contributed by atoms with van der Waals surface area (Å²) >= 11 is 0. The van der Waals surface area contributed by atoms with Crippen LogP contribution in [0.2, 0.25) is 0 Å². The zero-order chi connectivity index (χ0) is 14.5. The summed E-state index contributed by atoms with van der Waals surface area (Å²) in [5, 5.41) is 15.7. The number of nitrogens with two attached hydrogens (primary N) is 1. The normalized spacial score (nSPS) is 11.3. The SMILES string of the molecule is Cc1cccc([N+](=O)[O-])c1OCCCCS(N)(=O)=O. The maximum absolute atomic E-state index is 10.8. The fraction of sp³-hybridized carbons (Fsp3) is 0.455. The van der Waals surface area contributed by atoms with Crippen molar-refractivity contribution in [3.63, 3.8) is 0 Å². The third kappa shape index (κ3) is 5.23. The molecule has 7 nitrogen and oxygen atoms in total. The second kappa shape index (κ2) is 6.48. The topological polar surface area (TPSA) is 113 Å². The van der Waals surface area contributed by atoms with E-state index in [0.29, 0.717) is 18.4 Å². The second-order valence-corrected chi connectivity index (χ2v) is 5.84. The van der Waals surface area contributed by atoms with E-state index in [2.05, 4.69) is 0 Å². The van der Waals surface area contributed by atoms with Crippen molar-refractivity contribution in [2.24, 2.45) is 5.14 Å². The van der Waals surface area contributed by atoms with Crippen LogP contribution in [0.1, 0.15) is 18.4 Å². The molecule has 106 valence electrons. The predicted octanol–water partition coefficient (Wildman–Crippen LogP) is 1.35. The first kappa shape index (κ1) is 15.4. The fourth-order valence-electron chi connectivity index (χ4n) is 1.55. The lowest BCUT2D eigenvalue weighted by Crippen LogP contribution is -2.16. The van der Waals surface area contributed by atoms with E-state index in [1.165, 1.54) is 6.07 Å². The molecule has 1 aromatic rings. The highest BCUT2D eigenvalue weighted by Gasteiger charge is 2.16. The molecule has 0 saturated carbocycles. The van der Waals surface area contributed by atoms with Crippen LogP contribution in [0.15, 0.2) is 18.2 Å². The van der Waals surface area contributed by atoms with Crippen molar-refractivity contribution in [2.45, 2.75) is 19.8 Å². The Bertz CT molecular complexity index is 556. The molecule has 1 rings (SSSR count). The van der Waals surface area contributed by atoms with E-state index >= 15 is 0 Å². The molecule has 0 aromatic heterocycles. The molecule has 0 aliphatic carbocycles. The van der Waals surface area contributed by atoms with Crippen LogP contribution in [0.25, 0.3) is 0 Å². The standard InChI is InChI=1S/C11H16N2O5S/c1-9-5-4-6-10(13(14)15)11(9)18-7-2-3-8-19(12,16)17/h4-6H,2-3,7-8H2,1H3,(H2,12,16,17). The lowest BCUT2D eigenvalue weighted by Gasteiger charge is -2.09. The first-order valence-electron chi connectivity index (χ1n) is 5.68. The number of rotatable bonds is 7. The zero-order valence-electron chi connectivity index (χ0n) is 10.5. The Hall–Kier alpha value is -1.67. The summed E-state index contributed by atoms with van der Waals surface area (Å²) in [7, 11) is -3.46. The Morgan fingerprint density at radius 3 is 2.63 bits per heavy atom. The van der Waals surface area contributed by atoms with Crippen LogP contribution < -0.4 is 9.88 Å². The van der Waals surface area contributed by atoms with E-state index in [-0.39, 0.29) is 23.8 Å². The number of sulfonamides is 1. The quantitative estimate of drug-likeness (QED) is 0.462. The summed E-state index contributed by atoms with van der Waals surface area (Å²) in [5.74, 6) is 0.106.